The number of hydrogen-bond donors (Lipinski definition) is 2. The molecule has 0 aromatic heterocycles. The molecule has 7 nitrogen and oxygen atoms in total. The van der Waals surface area contributed by atoms with Crippen LogP contribution in [0.2, 0.25) is 0 Å². The number of hydrogen-bond acceptors (Lipinski definition) is 4. The van der Waals surface area contributed by atoms with Crippen molar-refractivity contribution in [1.29, 1.82) is 0 Å². The second kappa shape index (κ2) is 10.5. The van der Waals surface area contributed by atoms with Crippen molar-refractivity contribution in [3.8, 4) is 0 Å². The predicted molar refractivity (Wildman–Crippen MR) is 101 cm³/mol. The Morgan fingerprint density at radius 2 is 1.92 bits per heavy atom. The molecule has 0 aliphatic carbocycles. The van der Waals surface area contributed by atoms with Gasteiger partial charge in [0.25, 0.3) is 0 Å². The third kappa shape index (κ3) is 6.72. The van der Waals surface area contributed by atoms with Crippen LogP contribution in [0.15, 0.2) is 4.99 Å². The summed E-state index contributed by atoms with van der Waals surface area (Å²) in [6.45, 7) is 10.6. The number of likely N-dealkylation sites (tertiary alicyclic amines) is 2. The highest BCUT2D eigenvalue weighted by atomic mass is 16.6. The van der Waals surface area contributed by atoms with E-state index in [1.807, 2.05) is 14.0 Å². The van der Waals surface area contributed by atoms with Crippen LogP contribution >= 0.6 is 0 Å². The Hall–Kier alpha value is -1.50. The summed E-state index contributed by atoms with van der Waals surface area (Å²) >= 11 is 0. The molecule has 25 heavy (non-hydrogen) atoms. The highest BCUT2D eigenvalue weighted by Gasteiger charge is 2.24. The number of nitrogens with one attached hydrogen (secondary N) is 2. The van der Waals surface area contributed by atoms with Crippen molar-refractivity contribution in [2.75, 3.05) is 52.9 Å². The minimum atomic E-state index is -0.195. The lowest BCUT2D eigenvalue weighted by molar-refractivity contribution is 0.0963. The summed E-state index contributed by atoms with van der Waals surface area (Å²) in [5, 5.41) is 6.94. The minimum absolute atomic E-state index is 0.195. The molecular weight excluding hydrogens is 318 g/mol. The van der Waals surface area contributed by atoms with Crippen LogP contribution < -0.4 is 10.6 Å². The van der Waals surface area contributed by atoms with Crippen molar-refractivity contribution in [2.24, 2.45) is 10.9 Å². The Morgan fingerprint density at radius 1 is 1.24 bits per heavy atom. The van der Waals surface area contributed by atoms with Crippen LogP contribution in [0.25, 0.3) is 0 Å². The molecule has 2 rings (SSSR count). The molecule has 2 aliphatic rings. The van der Waals surface area contributed by atoms with Crippen molar-refractivity contribution in [2.45, 2.75) is 45.6 Å². The van der Waals surface area contributed by atoms with Gasteiger partial charge in [-0.05, 0) is 51.6 Å². The Balaban J connectivity index is 1.65. The molecule has 0 bridgehead atoms. The summed E-state index contributed by atoms with van der Waals surface area (Å²) in [6, 6.07) is 0.353. The predicted octanol–water partition coefficient (Wildman–Crippen LogP) is 1.50. The standard InChI is InChI=1S/C18H35N5O2/c1-4-25-18(24)23-11-7-16(8-12-23)21-17(19-3)20-13-15(2)14-22-9-5-6-10-22/h15-16H,4-14H2,1-3H3,(H2,19,20,21). The van der Waals surface area contributed by atoms with Gasteiger partial charge in [0.15, 0.2) is 5.96 Å². The Labute approximate surface area is 152 Å². The molecule has 0 radical (unpaired) electrons. The van der Waals surface area contributed by atoms with E-state index in [9.17, 15) is 4.79 Å². The zero-order valence-electron chi connectivity index (χ0n) is 16.1. The molecule has 2 aliphatic heterocycles. The van der Waals surface area contributed by atoms with Gasteiger partial charge in [-0.25, -0.2) is 4.79 Å². The van der Waals surface area contributed by atoms with Crippen molar-refractivity contribution < 1.29 is 9.53 Å². The summed E-state index contributed by atoms with van der Waals surface area (Å²) in [6.07, 6.45) is 4.33. The van der Waals surface area contributed by atoms with E-state index in [1.54, 1.807) is 4.90 Å². The van der Waals surface area contributed by atoms with E-state index in [1.165, 1.54) is 25.9 Å². The molecule has 1 unspecified atom stereocenters. The number of ether oxygens (including phenoxy) is 1. The molecule has 144 valence electrons. The molecule has 2 fully saturated rings. The van der Waals surface area contributed by atoms with Crippen LogP contribution in [0.5, 0.6) is 0 Å². The maximum Gasteiger partial charge on any atom is 0.409 e. The van der Waals surface area contributed by atoms with Crippen LogP contribution in [-0.2, 0) is 4.74 Å². The molecule has 0 spiro atoms. The number of carbonyl (C=O) groups excluding carboxylic acids is 1. The maximum absolute atomic E-state index is 11.7. The van der Waals surface area contributed by atoms with Gasteiger partial charge in [0.1, 0.15) is 0 Å². The first-order chi connectivity index (χ1) is 12.1. The average Bonchev–Trinajstić information content (AvgIpc) is 3.12. The fourth-order valence-electron chi connectivity index (χ4n) is 3.55. The molecule has 0 saturated carbocycles. The van der Waals surface area contributed by atoms with Crippen molar-refractivity contribution in [3.05, 3.63) is 0 Å². The first-order valence-corrected chi connectivity index (χ1v) is 9.73. The molecule has 7 heteroatoms. The largest absolute Gasteiger partial charge is 0.450 e. The molecule has 2 heterocycles. The summed E-state index contributed by atoms with van der Waals surface area (Å²) in [5.41, 5.74) is 0. The highest BCUT2D eigenvalue weighted by Crippen LogP contribution is 2.12. The van der Waals surface area contributed by atoms with Gasteiger partial charge in [0, 0.05) is 39.3 Å². The highest BCUT2D eigenvalue weighted by molar-refractivity contribution is 5.80. The molecular formula is C18H35N5O2. The van der Waals surface area contributed by atoms with Crippen LogP contribution in [0.3, 0.4) is 0 Å². The second-order valence-corrected chi connectivity index (χ2v) is 7.17. The fourth-order valence-corrected chi connectivity index (χ4v) is 3.55. The van der Waals surface area contributed by atoms with Gasteiger partial charge in [-0.15, -0.1) is 0 Å². The van der Waals surface area contributed by atoms with E-state index in [-0.39, 0.29) is 6.09 Å². The van der Waals surface area contributed by atoms with Crippen LogP contribution in [0.1, 0.15) is 39.5 Å². The van der Waals surface area contributed by atoms with E-state index >= 15 is 0 Å². The lowest BCUT2D eigenvalue weighted by Gasteiger charge is -2.32. The van der Waals surface area contributed by atoms with Crippen molar-refractivity contribution >= 4 is 12.1 Å². The van der Waals surface area contributed by atoms with Gasteiger partial charge >= 0.3 is 6.09 Å². The summed E-state index contributed by atoms with van der Waals surface area (Å²) < 4.78 is 5.06. The van der Waals surface area contributed by atoms with Gasteiger partial charge in [-0.1, -0.05) is 6.92 Å². The van der Waals surface area contributed by atoms with Gasteiger partial charge in [-0.2, -0.15) is 0 Å². The van der Waals surface area contributed by atoms with E-state index in [2.05, 4.69) is 27.4 Å². The molecule has 0 aromatic carbocycles. The molecule has 2 N–H and O–H groups in total. The van der Waals surface area contributed by atoms with Gasteiger partial charge in [-0.3, -0.25) is 4.99 Å². The molecule has 2 saturated heterocycles. The van der Waals surface area contributed by atoms with E-state index in [0.717, 1.165) is 45.0 Å². The third-order valence-electron chi connectivity index (χ3n) is 4.97. The SMILES string of the molecule is CCOC(=O)N1CCC(NC(=NC)NCC(C)CN2CCCC2)CC1. The topological polar surface area (TPSA) is 69.2 Å². The first kappa shape index (κ1) is 19.8. The second-order valence-electron chi connectivity index (χ2n) is 7.17. The van der Waals surface area contributed by atoms with Crippen LogP contribution in [-0.4, -0.2) is 80.8 Å². The van der Waals surface area contributed by atoms with E-state index in [0.29, 0.717) is 18.6 Å². The van der Waals surface area contributed by atoms with Gasteiger partial charge in [0.05, 0.1) is 6.61 Å². The molecule has 1 atom stereocenters. The smallest absolute Gasteiger partial charge is 0.409 e. The molecule has 1 amide bonds. The number of nitrogens with zero attached hydrogens (tertiary/aromatic N) is 3. The van der Waals surface area contributed by atoms with Crippen LogP contribution in [0, 0.1) is 5.92 Å². The lowest BCUT2D eigenvalue weighted by Crippen LogP contribution is -2.50. The summed E-state index contributed by atoms with van der Waals surface area (Å²) in [7, 11) is 1.81. The van der Waals surface area contributed by atoms with Crippen LogP contribution in [0.4, 0.5) is 4.79 Å². The summed E-state index contributed by atoms with van der Waals surface area (Å²) in [4.78, 5) is 20.4. The quantitative estimate of drug-likeness (QED) is 0.559. The van der Waals surface area contributed by atoms with E-state index < -0.39 is 0 Å². The molecule has 0 aromatic rings. The number of rotatable bonds is 6. The normalized spacial score (nSPS) is 21.2. The maximum atomic E-state index is 11.7. The monoisotopic (exact) mass is 353 g/mol. The Bertz CT molecular complexity index is 429. The first-order valence-electron chi connectivity index (χ1n) is 9.73. The van der Waals surface area contributed by atoms with E-state index in [4.69, 9.17) is 4.74 Å². The third-order valence-corrected chi connectivity index (χ3v) is 4.97. The lowest BCUT2D eigenvalue weighted by atomic mass is 10.1. The number of amides is 1. The number of guanidine groups is 1. The van der Waals surface area contributed by atoms with Gasteiger partial charge < -0.3 is 25.2 Å². The zero-order chi connectivity index (χ0) is 18.1. The Morgan fingerprint density at radius 3 is 2.52 bits per heavy atom. The zero-order valence-corrected chi connectivity index (χ0v) is 16.1. The van der Waals surface area contributed by atoms with Crippen molar-refractivity contribution in [1.82, 2.24) is 20.4 Å². The fraction of sp³-hybridized carbons (Fsp3) is 0.889. The number of piperidine rings is 1. The Kier molecular flexibility index (Phi) is 8.31. The van der Waals surface area contributed by atoms with Gasteiger partial charge in [0.2, 0.25) is 0 Å². The number of aliphatic imine (C=N–C) groups is 1. The average molecular weight is 354 g/mol. The summed E-state index contributed by atoms with van der Waals surface area (Å²) in [5.74, 6) is 1.46. The number of carbonyl (C=O) groups is 1. The minimum Gasteiger partial charge on any atom is -0.450 e. The van der Waals surface area contributed by atoms with Crippen molar-refractivity contribution in [3.63, 3.8) is 0 Å².